The van der Waals surface area contributed by atoms with Gasteiger partial charge in [0.25, 0.3) is 0 Å². The summed E-state index contributed by atoms with van der Waals surface area (Å²) in [4.78, 5) is 10.3. The number of thioether (sulfide) groups is 1. The minimum Gasteiger partial charge on any atom is -0.497 e. The molecule has 3 rings (SSSR count). The summed E-state index contributed by atoms with van der Waals surface area (Å²) in [5.41, 5.74) is 0.860. The van der Waals surface area contributed by atoms with Gasteiger partial charge >= 0.3 is 5.69 Å². The first-order valence-corrected chi connectivity index (χ1v) is 8.59. The largest absolute Gasteiger partial charge is 0.497 e. The van der Waals surface area contributed by atoms with Gasteiger partial charge in [0.05, 0.1) is 17.9 Å². The number of benzene rings is 1. The van der Waals surface area contributed by atoms with Gasteiger partial charge in [-0.15, -0.1) is 16.8 Å². The predicted octanol–water partition coefficient (Wildman–Crippen LogP) is 2.99. The number of nitro groups is 1. The third-order valence-corrected chi connectivity index (χ3v) is 4.49. The highest BCUT2D eigenvalue weighted by molar-refractivity contribution is 7.98. The zero-order valence-corrected chi connectivity index (χ0v) is 14.8. The fraction of sp³-hybridized carbons (Fsp3) is 0.188. The molecule has 10 heteroatoms. The first-order chi connectivity index (χ1) is 12.6. The van der Waals surface area contributed by atoms with Gasteiger partial charge in [-0.1, -0.05) is 17.8 Å². The van der Waals surface area contributed by atoms with E-state index in [1.165, 1.54) is 28.8 Å². The molecule has 0 bridgehead atoms. The molecule has 26 heavy (non-hydrogen) atoms. The van der Waals surface area contributed by atoms with Crippen LogP contribution in [0.25, 0.3) is 11.4 Å². The minimum absolute atomic E-state index is 0.0444. The van der Waals surface area contributed by atoms with Crippen molar-refractivity contribution < 1.29 is 9.66 Å². The summed E-state index contributed by atoms with van der Waals surface area (Å²) in [5.74, 6) is 1.85. The average molecular weight is 372 g/mol. The Morgan fingerprint density at radius 3 is 2.73 bits per heavy atom. The summed E-state index contributed by atoms with van der Waals surface area (Å²) in [5, 5.41) is 23.9. The fourth-order valence-corrected chi connectivity index (χ4v) is 3.09. The third-order valence-electron chi connectivity index (χ3n) is 3.53. The van der Waals surface area contributed by atoms with Gasteiger partial charge in [-0.25, -0.2) is 0 Å². The maximum absolute atomic E-state index is 10.7. The Morgan fingerprint density at radius 1 is 1.35 bits per heavy atom. The number of aromatic nitrogens is 5. The van der Waals surface area contributed by atoms with Crippen molar-refractivity contribution in [1.82, 2.24) is 24.5 Å². The first kappa shape index (κ1) is 17.7. The van der Waals surface area contributed by atoms with Crippen molar-refractivity contribution in [2.75, 3.05) is 7.11 Å². The summed E-state index contributed by atoms with van der Waals surface area (Å²) in [7, 11) is 1.61. The molecule has 1 aromatic carbocycles. The van der Waals surface area contributed by atoms with Crippen LogP contribution in [0.4, 0.5) is 5.69 Å². The Balaban J connectivity index is 1.81. The van der Waals surface area contributed by atoms with Gasteiger partial charge in [0, 0.05) is 12.1 Å². The quantitative estimate of drug-likeness (QED) is 0.259. The standard InChI is InChI=1S/C16H16N6O3S/c1-3-8-21-15(12-4-6-14(25-2)7-5-12)18-19-16(21)26-11-20-10-13(9-17-20)22(23)24/h3-7,9-10H,1,8,11H2,2H3. The van der Waals surface area contributed by atoms with Crippen LogP contribution in [0.15, 0.2) is 54.5 Å². The van der Waals surface area contributed by atoms with E-state index >= 15 is 0 Å². The number of methoxy groups -OCH3 is 1. The van der Waals surface area contributed by atoms with Crippen molar-refractivity contribution in [2.45, 2.75) is 17.6 Å². The highest BCUT2D eigenvalue weighted by atomic mass is 32.2. The maximum Gasteiger partial charge on any atom is 0.307 e. The lowest BCUT2D eigenvalue weighted by Gasteiger charge is -2.08. The number of hydrogen-bond donors (Lipinski definition) is 0. The van der Waals surface area contributed by atoms with Crippen LogP contribution in [0.2, 0.25) is 0 Å². The number of hydrogen-bond acceptors (Lipinski definition) is 7. The summed E-state index contributed by atoms with van der Waals surface area (Å²) < 4.78 is 8.59. The Morgan fingerprint density at radius 2 is 2.12 bits per heavy atom. The monoisotopic (exact) mass is 372 g/mol. The highest BCUT2D eigenvalue weighted by Gasteiger charge is 2.15. The second-order valence-electron chi connectivity index (χ2n) is 5.20. The predicted molar refractivity (Wildman–Crippen MR) is 96.9 cm³/mol. The Kier molecular flexibility index (Phi) is 5.32. The SMILES string of the molecule is C=CCn1c(SCn2cc([N+](=O)[O-])cn2)nnc1-c1ccc(OC)cc1. The first-order valence-electron chi connectivity index (χ1n) is 7.60. The summed E-state index contributed by atoms with van der Waals surface area (Å²) >= 11 is 1.38. The van der Waals surface area contributed by atoms with E-state index in [2.05, 4.69) is 21.9 Å². The minimum atomic E-state index is -0.476. The van der Waals surface area contributed by atoms with Gasteiger partial charge in [-0.05, 0) is 24.3 Å². The summed E-state index contributed by atoms with van der Waals surface area (Å²) in [6.07, 6.45) is 4.36. The molecule has 9 nitrogen and oxygen atoms in total. The van der Waals surface area contributed by atoms with Crippen molar-refractivity contribution >= 4 is 17.4 Å². The molecule has 0 saturated carbocycles. The van der Waals surface area contributed by atoms with Crippen LogP contribution in [-0.2, 0) is 12.4 Å². The molecule has 0 aliphatic heterocycles. The normalized spacial score (nSPS) is 10.7. The molecule has 2 heterocycles. The van der Waals surface area contributed by atoms with Gasteiger partial charge in [0.15, 0.2) is 11.0 Å². The van der Waals surface area contributed by atoms with Crippen LogP contribution >= 0.6 is 11.8 Å². The molecule has 2 aromatic heterocycles. The molecule has 0 unspecified atom stereocenters. The second-order valence-corrected chi connectivity index (χ2v) is 6.11. The smallest absolute Gasteiger partial charge is 0.307 e. The number of allylic oxidation sites excluding steroid dienone is 1. The van der Waals surface area contributed by atoms with Crippen molar-refractivity contribution in [3.05, 3.63) is 59.4 Å². The maximum atomic E-state index is 10.7. The lowest BCUT2D eigenvalue weighted by atomic mass is 10.2. The zero-order valence-electron chi connectivity index (χ0n) is 14.0. The molecule has 0 spiro atoms. The molecule has 0 atom stereocenters. The molecule has 0 aliphatic rings. The van der Waals surface area contributed by atoms with Gasteiger partial charge in [-0.2, -0.15) is 5.10 Å². The van der Waals surface area contributed by atoms with E-state index in [1.807, 2.05) is 28.8 Å². The highest BCUT2D eigenvalue weighted by Crippen LogP contribution is 2.26. The van der Waals surface area contributed by atoms with Crippen LogP contribution in [0, 0.1) is 10.1 Å². The molecule has 0 fully saturated rings. The molecule has 0 amide bonds. The van der Waals surface area contributed by atoms with E-state index in [1.54, 1.807) is 13.2 Å². The van der Waals surface area contributed by atoms with Crippen LogP contribution in [0.3, 0.4) is 0 Å². The number of nitrogens with zero attached hydrogens (tertiary/aromatic N) is 6. The van der Waals surface area contributed by atoms with Crippen molar-refractivity contribution in [3.8, 4) is 17.1 Å². The van der Waals surface area contributed by atoms with E-state index < -0.39 is 4.92 Å². The second kappa shape index (κ2) is 7.83. The molecule has 0 saturated heterocycles. The Bertz CT molecular complexity index is 918. The number of ether oxygens (including phenoxy) is 1. The van der Waals surface area contributed by atoms with Gasteiger partial charge in [0.1, 0.15) is 18.1 Å². The van der Waals surface area contributed by atoms with Crippen molar-refractivity contribution in [1.29, 1.82) is 0 Å². The average Bonchev–Trinajstić information content (AvgIpc) is 3.28. The third kappa shape index (κ3) is 3.75. The summed E-state index contributed by atoms with van der Waals surface area (Å²) in [6.45, 7) is 4.32. The van der Waals surface area contributed by atoms with Gasteiger partial charge in [-0.3, -0.25) is 19.4 Å². The molecular formula is C16H16N6O3S. The van der Waals surface area contributed by atoms with Gasteiger partial charge in [0.2, 0.25) is 0 Å². The van der Waals surface area contributed by atoms with Gasteiger partial charge < -0.3 is 4.74 Å². The van der Waals surface area contributed by atoms with E-state index in [-0.39, 0.29) is 5.69 Å². The Hall–Kier alpha value is -3.14. The topological polar surface area (TPSA) is 101 Å². The van der Waals surface area contributed by atoms with E-state index in [4.69, 9.17) is 4.74 Å². The number of rotatable bonds is 8. The van der Waals surface area contributed by atoms with Crippen LogP contribution < -0.4 is 4.74 Å². The zero-order chi connectivity index (χ0) is 18.5. The van der Waals surface area contributed by atoms with E-state index in [0.29, 0.717) is 23.4 Å². The van der Waals surface area contributed by atoms with E-state index in [9.17, 15) is 10.1 Å². The van der Waals surface area contributed by atoms with Crippen LogP contribution in [0.1, 0.15) is 0 Å². The van der Waals surface area contributed by atoms with E-state index in [0.717, 1.165) is 11.3 Å². The van der Waals surface area contributed by atoms with Crippen LogP contribution in [-0.4, -0.2) is 36.6 Å². The molecular weight excluding hydrogens is 356 g/mol. The lowest BCUT2D eigenvalue weighted by molar-refractivity contribution is -0.385. The fourth-order valence-electron chi connectivity index (χ4n) is 2.28. The van der Waals surface area contributed by atoms with Crippen LogP contribution in [0.5, 0.6) is 5.75 Å². The molecule has 0 N–H and O–H groups in total. The lowest BCUT2D eigenvalue weighted by Crippen LogP contribution is -2.02. The molecule has 3 aromatic rings. The summed E-state index contributed by atoms with van der Waals surface area (Å²) in [6, 6.07) is 7.54. The van der Waals surface area contributed by atoms with Crippen molar-refractivity contribution in [2.24, 2.45) is 0 Å². The molecule has 0 radical (unpaired) electrons. The Labute approximate surface area is 153 Å². The van der Waals surface area contributed by atoms with Crippen molar-refractivity contribution in [3.63, 3.8) is 0 Å². The molecule has 134 valence electrons. The molecule has 0 aliphatic carbocycles.